The molecular formula is C15H8N2O2S. The Balaban J connectivity index is 2.10. The fraction of sp³-hybridized carbons (Fsp3) is 0. The molecule has 0 aliphatic carbocycles. The molecule has 4 aromatic rings. The van der Waals surface area contributed by atoms with Crippen LogP contribution < -0.4 is 5.63 Å². The fourth-order valence-electron chi connectivity index (χ4n) is 2.16. The molecular weight excluding hydrogens is 272 g/mol. The first kappa shape index (κ1) is 11.3. The molecule has 3 aromatic heterocycles. The van der Waals surface area contributed by atoms with Crippen molar-refractivity contribution in [3.05, 3.63) is 59.2 Å². The third-order valence-corrected chi connectivity index (χ3v) is 4.20. The third-order valence-electron chi connectivity index (χ3n) is 3.09. The summed E-state index contributed by atoms with van der Waals surface area (Å²) in [5.74, 6) is 0. The molecule has 0 N–H and O–H groups in total. The number of benzene rings is 1. The molecule has 4 nitrogen and oxygen atoms in total. The van der Waals surface area contributed by atoms with Gasteiger partial charge in [0.2, 0.25) is 5.71 Å². The van der Waals surface area contributed by atoms with Crippen molar-refractivity contribution < 1.29 is 4.42 Å². The molecule has 0 spiro atoms. The van der Waals surface area contributed by atoms with Gasteiger partial charge in [0.05, 0.1) is 5.39 Å². The highest BCUT2D eigenvalue weighted by atomic mass is 32.1. The number of pyridine rings is 1. The Bertz CT molecular complexity index is 973. The Morgan fingerprint density at radius 2 is 1.90 bits per heavy atom. The highest BCUT2D eigenvalue weighted by Crippen LogP contribution is 2.33. The predicted octanol–water partition coefficient (Wildman–Crippen LogP) is 3.46. The molecule has 0 saturated carbocycles. The van der Waals surface area contributed by atoms with Gasteiger partial charge in [-0.15, -0.1) is 11.3 Å². The highest BCUT2D eigenvalue weighted by molar-refractivity contribution is 7.22. The summed E-state index contributed by atoms with van der Waals surface area (Å²) in [6.45, 7) is 0. The molecule has 4 rings (SSSR count). The maximum Gasteiger partial charge on any atom is 0.345 e. The van der Waals surface area contributed by atoms with E-state index in [4.69, 9.17) is 4.42 Å². The SMILES string of the molecule is O=c1oc2nc(-c3cccnc3)sc2c2ccccc12. The topological polar surface area (TPSA) is 56.0 Å². The number of thiazole rings is 1. The molecule has 0 aliphatic heterocycles. The van der Waals surface area contributed by atoms with E-state index in [9.17, 15) is 4.79 Å². The van der Waals surface area contributed by atoms with Crippen LogP contribution in [0.4, 0.5) is 0 Å². The standard InChI is InChI=1S/C15H8N2O2S/c18-15-11-6-2-1-5-10(11)12-13(19-15)17-14(20-12)9-4-3-7-16-8-9/h1-8H. The highest BCUT2D eigenvalue weighted by Gasteiger charge is 2.13. The molecule has 1 aromatic carbocycles. The molecule has 0 unspecified atom stereocenters. The summed E-state index contributed by atoms with van der Waals surface area (Å²) in [5.41, 5.74) is 0.953. The van der Waals surface area contributed by atoms with Gasteiger partial charge in [0.1, 0.15) is 9.71 Å². The summed E-state index contributed by atoms with van der Waals surface area (Å²) >= 11 is 1.50. The van der Waals surface area contributed by atoms with Gasteiger partial charge in [-0.2, -0.15) is 0 Å². The number of fused-ring (bicyclic) bond motifs is 3. The number of aromatic nitrogens is 2. The van der Waals surface area contributed by atoms with Gasteiger partial charge in [0, 0.05) is 23.3 Å². The maximum absolute atomic E-state index is 11.9. The molecule has 0 atom stereocenters. The second kappa shape index (κ2) is 4.25. The second-order valence-corrected chi connectivity index (χ2v) is 5.33. The van der Waals surface area contributed by atoms with Crippen molar-refractivity contribution in [3.8, 4) is 10.6 Å². The predicted molar refractivity (Wildman–Crippen MR) is 78.9 cm³/mol. The lowest BCUT2D eigenvalue weighted by Gasteiger charge is -1.94. The molecule has 96 valence electrons. The zero-order valence-electron chi connectivity index (χ0n) is 10.2. The van der Waals surface area contributed by atoms with Crippen LogP contribution in [0.2, 0.25) is 0 Å². The number of rotatable bonds is 1. The molecule has 0 radical (unpaired) electrons. The molecule has 5 heteroatoms. The van der Waals surface area contributed by atoms with Gasteiger partial charge in [0.15, 0.2) is 0 Å². The maximum atomic E-state index is 11.9. The van der Waals surface area contributed by atoms with Gasteiger partial charge in [-0.3, -0.25) is 4.98 Å². The molecule has 0 saturated heterocycles. The third kappa shape index (κ3) is 1.64. The first-order valence-corrected chi connectivity index (χ1v) is 6.87. The van der Waals surface area contributed by atoms with Crippen LogP contribution in [0.5, 0.6) is 0 Å². The Morgan fingerprint density at radius 1 is 1.05 bits per heavy atom. The van der Waals surface area contributed by atoms with Crippen molar-refractivity contribution in [2.75, 3.05) is 0 Å². The zero-order valence-corrected chi connectivity index (χ0v) is 11.1. The van der Waals surface area contributed by atoms with Crippen LogP contribution in [0, 0.1) is 0 Å². The summed E-state index contributed by atoms with van der Waals surface area (Å²) in [5, 5.41) is 2.26. The first-order chi connectivity index (χ1) is 9.83. The number of nitrogens with zero attached hydrogens (tertiary/aromatic N) is 2. The summed E-state index contributed by atoms with van der Waals surface area (Å²) in [4.78, 5) is 20.4. The smallest absolute Gasteiger partial charge is 0.345 e. The molecule has 20 heavy (non-hydrogen) atoms. The van der Waals surface area contributed by atoms with Crippen LogP contribution in [-0.2, 0) is 0 Å². The molecule has 3 heterocycles. The van der Waals surface area contributed by atoms with Gasteiger partial charge < -0.3 is 4.42 Å². The lowest BCUT2D eigenvalue weighted by molar-refractivity contribution is 0.560. The van der Waals surface area contributed by atoms with Gasteiger partial charge >= 0.3 is 5.63 Å². The number of hydrogen-bond donors (Lipinski definition) is 0. The minimum Gasteiger partial charge on any atom is -0.402 e. The summed E-state index contributed by atoms with van der Waals surface area (Å²) < 4.78 is 6.19. The van der Waals surface area contributed by atoms with Crippen molar-refractivity contribution in [3.63, 3.8) is 0 Å². The van der Waals surface area contributed by atoms with Crippen LogP contribution in [0.1, 0.15) is 0 Å². The Hall–Kier alpha value is -2.53. The lowest BCUT2D eigenvalue weighted by atomic mass is 10.2. The van der Waals surface area contributed by atoms with Crippen molar-refractivity contribution in [2.24, 2.45) is 0 Å². The normalized spacial score (nSPS) is 11.2. The monoisotopic (exact) mass is 280 g/mol. The van der Waals surface area contributed by atoms with E-state index in [1.165, 1.54) is 11.3 Å². The van der Waals surface area contributed by atoms with Crippen molar-refractivity contribution in [1.29, 1.82) is 0 Å². The molecule has 0 fully saturated rings. The van der Waals surface area contributed by atoms with Crippen molar-refractivity contribution in [1.82, 2.24) is 9.97 Å². The first-order valence-electron chi connectivity index (χ1n) is 6.06. The van der Waals surface area contributed by atoms with Crippen LogP contribution in [0.15, 0.2) is 58.0 Å². The van der Waals surface area contributed by atoms with Crippen LogP contribution in [0.25, 0.3) is 31.8 Å². The van der Waals surface area contributed by atoms with E-state index >= 15 is 0 Å². The van der Waals surface area contributed by atoms with E-state index in [0.29, 0.717) is 11.1 Å². The Morgan fingerprint density at radius 3 is 2.70 bits per heavy atom. The van der Waals surface area contributed by atoms with Crippen LogP contribution in [0.3, 0.4) is 0 Å². The fourth-order valence-corrected chi connectivity index (χ4v) is 3.18. The molecule has 0 amide bonds. The van der Waals surface area contributed by atoms with Gasteiger partial charge in [-0.05, 0) is 18.2 Å². The van der Waals surface area contributed by atoms with E-state index < -0.39 is 0 Å². The largest absolute Gasteiger partial charge is 0.402 e. The minimum absolute atomic E-state index is 0.351. The van der Waals surface area contributed by atoms with Crippen LogP contribution >= 0.6 is 11.3 Å². The Labute approximate surface area is 117 Å². The van der Waals surface area contributed by atoms with Gasteiger partial charge in [-0.1, -0.05) is 18.2 Å². The van der Waals surface area contributed by atoms with Crippen molar-refractivity contribution in [2.45, 2.75) is 0 Å². The summed E-state index contributed by atoms with van der Waals surface area (Å²) in [7, 11) is 0. The zero-order chi connectivity index (χ0) is 13.5. The average Bonchev–Trinajstić information content (AvgIpc) is 2.93. The molecule has 0 aliphatic rings. The molecule has 0 bridgehead atoms. The minimum atomic E-state index is -0.351. The average molecular weight is 280 g/mol. The van der Waals surface area contributed by atoms with E-state index in [1.54, 1.807) is 18.5 Å². The summed E-state index contributed by atoms with van der Waals surface area (Å²) in [6.07, 6.45) is 3.46. The Kier molecular flexibility index (Phi) is 2.40. The van der Waals surface area contributed by atoms with E-state index in [0.717, 1.165) is 20.7 Å². The number of hydrogen-bond acceptors (Lipinski definition) is 5. The van der Waals surface area contributed by atoms with Gasteiger partial charge in [0.25, 0.3) is 0 Å². The van der Waals surface area contributed by atoms with Crippen LogP contribution in [-0.4, -0.2) is 9.97 Å². The lowest BCUT2D eigenvalue weighted by Crippen LogP contribution is -1.98. The van der Waals surface area contributed by atoms with Crippen molar-refractivity contribution >= 4 is 32.5 Å². The summed E-state index contributed by atoms with van der Waals surface area (Å²) in [6, 6.07) is 11.2. The van der Waals surface area contributed by atoms with E-state index in [-0.39, 0.29) is 5.63 Å². The van der Waals surface area contributed by atoms with E-state index in [1.807, 2.05) is 30.3 Å². The quantitative estimate of drug-likeness (QED) is 0.535. The second-order valence-electron chi connectivity index (χ2n) is 4.33. The van der Waals surface area contributed by atoms with Gasteiger partial charge in [-0.25, -0.2) is 9.78 Å². The van der Waals surface area contributed by atoms with E-state index in [2.05, 4.69) is 9.97 Å².